The van der Waals surface area contributed by atoms with Crippen molar-refractivity contribution >= 4 is 23.2 Å². The normalized spacial score (nSPS) is 12.2. The molecular formula is C10H13ClN2O2. The third kappa shape index (κ3) is 3.42. The van der Waals surface area contributed by atoms with Crippen molar-refractivity contribution < 1.29 is 9.90 Å². The number of nitrogen functional groups attached to an aromatic ring is 1. The van der Waals surface area contributed by atoms with Crippen LogP contribution in [0.25, 0.3) is 0 Å². The summed E-state index contributed by atoms with van der Waals surface area (Å²) in [4.78, 5) is 11.6. The van der Waals surface area contributed by atoms with Gasteiger partial charge in [0.2, 0.25) is 0 Å². The molecule has 15 heavy (non-hydrogen) atoms. The zero-order valence-electron chi connectivity index (χ0n) is 8.33. The number of hydrogen-bond acceptors (Lipinski definition) is 3. The number of amides is 1. The Bertz CT molecular complexity index is 366. The molecule has 0 aliphatic rings. The lowest BCUT2D eigenvalue weighted by Gasteiger charge is -2.08. The first-order valence-corrected chi connectivity index (χ1v) is 4.90. The second-order valence-electron chi connectivity index (χ2n) is 3.30. The van der Waals surface area contributed by atoms with Crippen molar-refractivity contribution in [3.63, 3.8) is 0 Å². The Balaban J connectivity index is 2.77. The maximum atomic E-state index is 11.6. The number of benzene rings is 1. The first-order valence-electron chi connectivity index (χ1n) is 4.52. The fourth-order valence-electron chi connectivity index (χ4n) is 1.05. The van der Waals surface area contributed by atoms with Crippen LogP contribution in [0.3, 0.4) is 0 Å². The lowest BCUT2D eigenvalue weighted by molar-refractivity contribution is 0.0924. The molecule has 0 saturated carbocycles. The van der Waals surface area contributed by atoms with Crippen LogP contribution in [-0.2, 0) is 0 Å². The minimum atomic E-state index is -0.589. The highest BCUT2D eigenvalue weighted by Gasteiger charge is 2.10. The van der Waals surface area contributed by atoms with E-state index in [1.54, 1.807) is 19.1 Å². The molecule has 0 aliphatic heterocycles. The number of aliphatic hydroxyl groups is 1. The molecule has 82 valence electrons. The molecule has 0 unspecified atom stereocenters. The van der Waals surface area contributed by atoms with Crippen LogP contribution in [0.4, 0.5) is 5.69 Å². The molecule has 0 aliphatic carbocycles. The molecule has 0 heterocycles. The summed E-state index contributed by atoms with van der Waals surface area (Å²) in [7, 11) is 0. The SMILES string of the molecule is C[C@@H](O)CNC(=O)c1cc(N)ccc1Cl. The molecular weight excluding hydrogens is 216 g/mol. The van der Waals surface area contributed by atoms with Crippen LogP contribution in [-0.4, -0.2) is 23.7 Å². The average Bonchev–Trinajstić information content (AvgIpc) is 2.18. The van der Waals surface area contributed by atoms with Gasteiger partial charge in [0.15, 0.2) is 0 Å². The first-order chi connectivity index (χ1) is 7.00. The minimum absolute atomic E-state index is 0.184. The molecule has 1 aromatic rings. The van der Waals surface area contributed by atoms with Crippen LogP contribution in [0.5, 0.6) is 0 Å². The zero-order chi connectivity index (χ0) is 11.4. The van der Waals surface area contributed by atoms with E-state index in [0.29, 0.717) is 16.3 Å². The molecule has 0 bridgehead atoms. The number of halogens is 1. The predicted molar refractivity (Wildman–Crippen MR) is 59.9 cm³/mol. The van der Waals surface area contributed by atoms with Crippen LogP contribution in [0, 0.1) is 0 Å². The van der Waals surface area contributed by atoms with E-state index in [1.165, 1.54) is 6.07 Å². The average molecular weight is 229 g/mol. The second kappa shape index (κ2) is 5.00. The molecule has 4 nitrogen and oxygen atoms in total. The van der Waals surface area contributed by atoms with E-state index in [1.807, 2.05) is 0 Å². The summed E-state index contributed by atoms with van der Waals surface area (Å²) in [5, 5.41) is 11.9. The van der Waals surface area contributed by atoms with Gasteiger partial charge >= 0.3 is 0 Å². The Morgan fingerprint density at radius 3 is 2.93 bits per heavy atom. The summed E-state index contributed by atoms with van der Waals surface area (Å²) in [5.41, 5.74) is 6.32. The predicted octanol–water partition coefficient (Wildman–Crippen LogP) is 1.03. The van der Waals surface area contributed by atoms with Crippen molar-refractivity contribution in [1.29, 1.82) is 0 Å². The molecule has 0 fully saturated rings. The van der Waals surface area contributed by atoms with Crippen LogP contribution < -0.4 is 11.1 Å². The lowest BCUT2D eigenvalue weighted by Crippen LogP contribution is -2.30. The van der Waals surface area contributed by atoms with Gasteiger partial charge in [0, 0.05) is 12.2 Å². The highest BCUT2D eigenvalue weighted by atomic mass is 35.5. The van der Waals surface area contributed by atoms with E-state index in [9.17, 15) is 4.79 Å². The highest BCUT2D eigenvalue weighted by molar-refractivity contribution is 6.34. The third-order valence-corrected chi connectivity index (χ3v) is 2.12. The molecule has 5 heteroatoms. The van der Waals surface area contributed by atoms with Crippen LogP contribution in [0.2, 0.25) is 5.02 Å². The maximum Gasteiger partial charge on any atom is 0.252 e. The number of nitrogens with one attached hydrogen (secondary N) is 1. The molecule has 1 amide bonds. The van der Waals surface area contributed by atoms with Gasteiger partial charge in [-0.3, -0.25) is 4.79 Å². The fourth-order valence-corrected chi connectivity index (χ4v) is 1.26. The van der Waals surface area contributed by atoms with Crippen molar-refractivity contribution in [2.75, 3.05) is 12.3 Å². The summed E-state index contributed by atoms with van der Waals surface area (Å²) < 4.78 is 0. The maximum absolute atomic E-state index is 11.6. The molecule has 0 radical (unpaired) electrons. The number of hydrogen-bond donors (Lipinski definition) is 3. The van der Waals surface area contributed by atoms with Crippen molar-refractivity contribution in [1.82, 2.24) is 5.32 Å². The van der Waals surface area contributed by atoms with Gasteiger partial charge in [0.25, 0.3) is 5.91 Å². The standard InChI is InChI=1S/C10H13ClN2O2/c1-6(14)5-13-10(15)8-4-7(12)2-3-9(8)11/h2-4,6,14H,5,12H2,1H3,(H,13,15)/t6-/m1/s1. The van der Waals surface area contributed by atoms with Gasteiger partial charge in [-0.15, -0.1) is 0 Å². The molecule has 0 aromatic heterocycles. The largest absolute Gasteiger partial charge is 0.399 e. The number of carbonyl (C=O) groups is 1. The summed E-state index contributed by atoms with van der Waals surface area (Å²) >= 11 is 5.83. The summed E-state index contributed by atoms with van der Waals surface area (Å²) in [5.74, 6) is -0.340. The number of carbonyl (C=O) groups excluding carboxylic acids is 1. The Labute approximate surface area is 93.0 Å². The van der Waals surface area contributed by atoms with E-state index < -0.39 is 6.10 Å². The number of rotatable bonds is 3. The van der Waals surface area contributed by atoms with Crippen molar-refractivity contribution in [3.05, 3.63) is 28.8 Å². The van der Waals surface area contributed by atoms with Gasteiger partial charge in [-0.05, 0) is 25.1 Å². The number of anilines is 1. The van der Waals surface area contributed by atoms with Gasteiger partial charge in [0.1, 0.15) is 0 Å². The second-order valence-corrected chi connectivity index (χ2v) is 3.71. The van der Waals surface area contributed by atoms with E-state index in [-0.39, 0.29) is 12.5 Å². The van der Waals surface area contributed by atoms with Crippen LogP contribution in [0.15, 0.2) is 18.2 Å². The van der Waals surface area contributed by atoms with Crippen molar-refractivity contribution in [3.8, 4) is 0 Å². The zero-order valence-corrected chi connectivity index (χ0v) is 9.08. The fraction of sp³-hybridized carbons (Fsp3) is 0.300. The lowest BCUT2D eigenvalue weighted by atomic mass is 10.2. The van der Waals surface area contributed by atoms with E-state index in [0.717, 1.165) is 0 Å². The van der Waals surface area contributed by atoms with E-state index in [2.05, 4.69) is 5.32 Å². The Kier molecular flexibility index (Phi) is 3.94. The van der Waals surface area contributed by atoms with E-state index >= 15 is 0 Å². The highest BCUT2D eigenvalue weighted by Crippen LogP contribution is 2.18. The quantitative estimate of drug-likeness (QED) is 0.677. The van der Waals surface area contributed by atoms with Crippen molar-refractivity contribution in [2.24, 2.45) is 0 Å². The minimum Gasteiger partial charge on any atom is -0.399 e. The molecule has 1 rings (SSSR count). The Morgan fingerprint density at radius 2 is 2.33 bits per heavy atom. The number of nitrogens with two attached hydrogens (primary N) is 1. The molecule has 4 N–H and O–H groups in total. The van der Waals surface area contributed by atoms with Crippen LogP contribution >= 0.6 is 11.6 Å². The number of aliphatic hydroxyl groups excluding tert-OH is 1. The Hall–Kier alpha value is -1.26. The summed E-state index contributed by atoms with van der Waals surface area (Å²) in [6.07, 6.45) is -0.589. The van der Waals surface area contributed by atoms with Gasteiger partial charge in [-0.2, -0.15) is 0 Å². The first kappa shape index (κ1) is 11.8. The van der Waals surface area contributed by atoms with Gasteiger partial charge in [0.05, 0.1) is 16.7 Å². The Morgan fingerprint density at radius 1 is 1.67 bits per heavy atom. The summed E-state index contributed by atoms with van der Waals surface area (Å²) in [6.45, 7) is 1.77. The smallest absolute Gasteiger partial charge is 0.252 e. The van der Waals surface area contributed by atoms with Crippen molar-refractivity contribution in [2.45, 2.75) is 13.0 Å². The van der Waals surface area contributed by atoms with Crippen LogP contribution in [0.1, 0.15) is 17.3 Å². The molecule has 0 saturated heterocycles. The molecule has 1 aromatic carbocycles. The van der Waals surface area contributed by atoms with Gasteiger partial charge < -0.3 is 16.2 Å². The summed E-state index contributed by atoms with van der Waals surface area (Å²) in [6, 6.07) is 4.68. The molecule has 0 spiro atoms. The molecule has 1 atom stereocenters. The van der Waals surface area contributed by atoms with Gasteiger partial charge in [-0.1, -0.05) is 11.6 Å². The van der Waals surface area contributed by atoms with Gasteiger partial charge in [-0.25, -0.2) is 0 Å². The topological polar surface area (TPSA) is 75.3 Å². The van der Waals surface area contributed by atoms with E-state index in [4.69, 9.17) is 22.4 Å². The monoisotopic (exact) mass is 228 g/mol. The third-order valence-electron chi connectivity index (χ3n) is 1.79.